The maximum Gasteiger partial charge on any atom is 0.328 e. The smallest absolute Gasteiger partial charge is 0.328 e. The zero-order valence-corrected chi connectivity index (χ0v) is 18.0. The number of carboxylic acids is 1. The number of hydrogen-bond donors (Lipinski definition) is 4. The van der Waals surface area contributed by atoms with Gasteiger partial charge in [0.05, 0.1) is 6.04 Å². The van der Waals surface area contributed by atoms with Crippen LogP contribution in [0.5, 0.6) is 11.8 Å². The lowest BCUT2D eigenvalue weighted by Gasteiger charge is -2.15. The molecule has 2 unspecified atom stereocenters. The van der Waals surface area contributed by atoms with Gasteiger partial charge in [-0.15, -0.1) is 0 Å². The van der Waals surface area contributed by atoms with Crippen LogP contribution >= 0.6 is 0 Å². The first-order valence-electron chi connectivity index (χ1n) is 10.4. The molecule has 3 aromatic carbocycles. The van der Waals surface area contributed by atoms with Crippen LogP contribution in [0.1, 0.15) is 24.1 Å². The molecule has 0 spiro atoms. The number of fused-ring (bicyclic) bond motifs is 1. The van der Waals surface area contributed by atoms with E-state index in [4.69, 9.17) is 21.3 Å². The predicted molar refractivity (Wildman–Crippen MR) is 126 cm³/mol. The molecule has 1 aromatic heterocycles. The first-order chi connectivity index (χ1) is 15.9. The molecule has 9 heteroatoms. The number of hydrogen-bond acceptors (Lipinski definition) is 8. The number of aliphatic carboxylic acids is 1. The zero-order valence-electron chi connectivity index (χ0n) is 18.0. The van der Waals surface area contributed by atoms with Gasteiger partial charge in [0.15, 0.2) is 0 Å². The molecule has 0 saturated heterocycles. The molecule has 4 rings (SSSR count). The molecule has 168 valence electrons. The topological polar surface area (TPSA) is 149 Å². The van der Waals surface area contributed by atoms with E-state index in [9.17, 15) is 4.79 Å². The Morgan fingerprint density at radius 3 is 2.48 bits per heavy atom. The van der Waals surface area contributed by atoms with Gasteiger partial charge >= 0.3 is 12.0 Å². The Balaban J connectivity index is 1.46. The van der Waals surface area contributed by atoms with Crippen LogP contribution in [0.25, 0.3) is 10.8 Å². The molecule has 33 heavy (non-hydrogen) atoms. The van der Waals surface area contributed by atoms with Crippen molar-refractivity contribution in [2.45, 2.75) is 25.4 Å². The van der Waals surface area contributed by atoms with Crippen LogP contribution in [0.4, 0.5) is 11.9 Å². The number of aromatic nitrogens is 3. The third kappa shape index (κ3) is 5.52. The number of nitrogens with two attached hydrogens (primary N) is 2. The van der Waals surface area contributed by atoms with Crippen LogP contribution in [0, 0.1) is 0 Å². The van der Waals surface area contributed by atoms with Gasteiger partial charge in [0.2, 0.25) is 11.9 Å². The second kappa shape index (κ2) is 9.49. The Hall–Kier alpha value is -4.24. The highest BCUT2D eigenvalue weighted by molar-refractivity contribution is 5.83. The summed E-state index contributed by atoms with van der Waals surface area (Å²) in [5.74, 6) is -0.254. The van der Waals surface area contributed by atoms with Gasteiger partial charge in [-0.25, -0.2) is 0 Å². The van der Waals surface area contributed by atoms with Gasteiger partial charge in [0, 0.05) is 0 Å². The largest absolute Gasteiger partial charge is 0.480 e. The molecule has 0 amide bonds. The van der Waals surface area contributed by atoms with Crippen molar-refractivity contribution >= 4 is 28.6 Å². The highest BCUT2D eigenvalue weighted by Crippen LogP contribution is 2.24. The number of nitrogens with zero attached hydrogens (tertiary/aromatic N) is 3. The number of ether oxygens (including phenoxy) is 1. The molecule has 1 heterocycles. The van der Waals surface area contributed by atoms with Crippen molar-refractivity contribution in [1.82, 2.24) is 15.0 Å². The minimum atomic E-state index is -1.05. The Morgan fingerprint density at radius 2 is 1.76 bits per heavy atom. The van der Waals surface area contributed by atoms with Crippen LogP contribution in [0.15, 0.2) is 66.7 Å². The molecule has 9 nitrogen and oxygen atoms in total. The summed E-state index contributed by atoms with van der Waals surface area (Å²) in [7, 11) is 0. The van der Waals surface area contributed by atoms with Crippen molar-refractivity contribution < 1.29 is 14.6 Å². The molecule has 0 bridgehead atoms. The number of benzene rings is 3. The average molecular weight is 444 g/mol. The summed E-state index contributed by atoms with van der Waals surface area (Å²) >= 11 is 0. The molecule has 0 aliphatic rings. The Morgan fingerprint density at radius 1 is 1.03 bits per heavy atom. The molecular weight excluding hydrogens is 420 g/mol. The van der Waals surface area contributed by atoms with Crippen molar-refractivity contribution in [3.05, 3.63) is 77.9 Å². The fourth-order valence-electron chi connectivity index (χ4n) is 3.38. The predicted octanol–water partition coefficient (Wildman–Crippen LogP) is 3.53. The lowest BCUT2D eigenvalue weighted by atomic mass is 10.0. The maximum absolute atomic E-state index is 10.9. The minimum Gasteiger partial charge on any atom is -0.480 e. The minimum absolute atomic E-state index is 0.0252. The number of carboxylic acid groups (broad SMARTS) is 1. The molecule has 0 fully saturated rings. The van der Waals surface area contributed by atoms with Gasteiger partial charge in [-0.2, -0.15) is 15.0 Å². The molecule has 0 radical (unpaired) electrons. The highest BCUT2D eigenvalue weighted by atomic mass is 16.5. The van der Waals surface area contributed by atoms with E-state index in [1.54, 1.807) is 24.3 Å². The van der Waals surface area contributed by atoms with Gasteiger partial charge in [-0.3, -0.25) is 4.79 Å². The van der Waals surface area contributed by atoms with Gasteiger partial charge in [0.25, 0.3) is 0 Å². The number of nitrogen functional groups attached to an aromatic ring is 1. The van der Waals surface area contributed by atoms with Gasteiger partial charge in [-0.05, 0) is 53.4 Å². The van der Waals surface area contributed by atoms with Crippen LogP contribution in [-0.4, -0.2) is 32.1 Å². The van der Waals surface area contributed by atoms with Gasteiger partial charge < -0.3 is 26.6 Å². The molecule has 2 atom stereocenters. The standard InChI is InChI=1S/C24H24N6O3/c1-14(17-9-8-16-4-2-3-5-18(16)13-17)27-23-28-22(26)29-24(30-23)33-19-10-6-15(7-11-19)12-20(25)21(31)32/h2-11,13-14,20H,12,25H2,1H3,(H,31,32)(H3,26,27,28,29,30). The van der Waals surface area contributed by atoms with Crippen molar-refractivity contribution in [2.75, 3.05) is 11.1 Å². The van der Waals surface area contributed by atoms with E-state index in [0.717, 1.165) is 16.5 Å². The summed E-state index contributed by atoms with van der Waals surface area (Å²) in [5.41, 5.74) is 13.3. The lowest BCUT2D eigenvalue weighted by Crippen LogP contribution is -2.32. The molecule has 0 aliphatic heterocycles. The normalized spacial score (nSPS) is 12.8. The van der Waals surface area contributed by atoms with Gasteiger partial charge in [-0.1, -0.05) is 48.5 Å². The van der Waals surface area contributed by atoms with E-state index in [0.29, 0.717) is 11.7 Å². The summed E-state index contributed by atoms with van der Waals surface area (Å²) in [4.78, 5) is 23.4. The number of nitrogens with one attached hydrogen (secondary N) is 1. The fraction of sp³-hybridized carbons (Fsp3) is 0.167. The van der Waals surface area contributed by atoms with Crippen LogP contribution < -0.4 is 21.5 Å². The van der Waals surface area contributed by atoms with Crippen LogP contribution in [-0.2, 0) is 11.2 Å². The number of anilines is 2. The number of rotatable bonds is 8. The second-order valence-electron chi connectivity index (χ2n) is 7.67. The quantitative estimate of drug-likeness (QED) is 0.320. The monoisotopic (exact) mass is 444 g/mol. The van der Waals surface area contributed by atoms with Crippen LogP contribution in [0.3, 0.4) is 0 Å². The second-order valence-corrected chi connectivity index (χ2v) is 7.67. The van der Waals surface area contributed by atoms with E-state index in [2.05, 4.69) is 50.6 Å². The first-order valence-corrected chi connectivity index (χ1v) is 10.4. The van der Waals surface area contributed by atoms with Crippen molar-refractivity contribution in [3.63, 3.8) is 0 Å². The average Bonchev–Trinajstić information content (AvgIpc) is 2.79. The highest BCUT2D eigenvalue weighted by Gasteiger charge is 2.14. The maximum atomic E-state index is 10.9. The Labute approximate surface area is 190 Å². The van der Waals surface area contributed by atoms with E-state index in [1.807, 2.05) is 19.1 Å². The SMILES string of the molecule is CC(Nc1nc(N)nc(Oc2ccc(CC(N)C(=O)O)cc2)n1)c1ccc2ccccc2c1. The van der Waals surface area contributed by atoms with E-state index < -0.39 is 12.0 Å². The summed E-state index contributed by atoms with van der Waals surface area (Å²) in [5, 5.41) is 14.5. The summed E-state index contributed by atoms with van der Waals surface area (Å²) in [6, 6.07) is 20.3. The molecule has 0 saturated carbocycles. The Kier molecular flexibility index (Phi) is 6.32. The molecule has 4 aromatic rings. The lowest BCUT2D eigenvalue weighted by molar-refractivity contribution is -0.138. The van der Waals surface area contributed by atoms with Crippen molar-refractivity contribution in [2.24, 2.45) is 5.73 Å². The van der Waals surface area contributed by atoms with Crippen molar-refractivity contribution in [3.8, 4) is 11.8 Å². The van der Waals surface area contributed by atoms with Crippen molar-refractivity contribution in [1.29, 1.82) is 0 Å². The Bertz CT molecular complexity index is 1280. The third-order valence-electron chi connectivity index (χ3n) is 5.16. The molecule has 6 N–H and O–H groups in total. The number of carbonyl (C=O) groups is 1. The van der Waals surface area contributed by atoms with Gasteiger partial charge in [0.1, 0.15) is 11.8 Å². The van der Waals surface area contributed by atoms with E-state index >= 15 is 0 Å². The molecular formula is C24H24N6O3. The summed E-state index contributed by atoms with van der Waals surface area (Å²) < 4.78 is 5.72. The fourth-order valence-corrected chi connectivity index (χ4v) is 3.38. The third-order valence-corrected chi connectivity index (χ3v) is 5.16. The van der Waals surface area contributed by atoms with E-state index in [1.165, 1.54) is 5.39 Å². The summed E-state index contributed by atoms with van der Waals surface area (Å²) in [6.45, 7) is 2.01. The van der Waals surface area contributed by atoms with Crippen LogP contribution in [0.2, 0.25) is 0 Å². The molecule has 0 aliphatic carbocycles. The van der Waals surface area contributed by atoms with E-state index in [-0.39, 0.29) is 24.4 Å². The first kappa shape index (κ1) is 22.0. The summed E-state index contributed by atoms with van der Waals surface area (Å²) in [6.07, 6.45) is 0.217. The zero-order chi connectivity index (χ0) is 23.4.